The van der Waals surface area contributed by atoms with E-state index in [0.717, 1.165) is 36.7 Å². The van der Waals surface area contributed by atoms with Crippen molar-refractivity contribution in [3.63, 3.8) is 0 Å². The Morgan fingerprint density at radius 3 is 2.46 bits per heavy atom. The largest absolute Gasteiger partial charge is 0.466 e. The van der Waals surface area contributed by atoms with E-state index in [4.69, 9.17) is 4.74 Å². The van der Waals surface area contributed by atoms with E-state index < -0.39 is 0 Å². The number of hydrogen-bond donors (Lipinski definition) is 0. The van der Waals surface area contributed by atoms with Gasteiger partial charge in [-0.15, -0.1) is 0 Å². The molecule has 2 aliphatic rings. The molecule has 1 saturated heterocycles. The van der Waals surface area contributed by atoms with Gasteiger partial charge in [-0.3, -0.25) is 9.59 Å². The quantitative estimate of drug-likeness (QED) is 0.561. The Labute approximate surface area is 171 Å². The van der Waals surface area contributed by atoms with Crippen LogP contribution < -0.4 is 0 Å². The highest BCUT2D eigenvalue weighted by Gasteiger charge is 2.31. The molecule has 0 bridgehead atoms. The smallest absolute Gasteiger partial charge is 0.309 e. The van der Waals surface area contributed by atoms with Crippen LogP contribution >= 0.6 is 11.8 Å². The van der Waals surface area contributed by atoms with Crippen LogP contribution in [-0.2, 0) is 19.7 Å². The van der Waals surface area contributed by atoms with Gasteiger partial charge in [0.15, 0.2) is 5.17 Å². The van der Waals surface area contributed by atoms with Crippen molar-refractivity contribution in [2.75, 3.05) is 19.7 Å². The van der Waals surface area contributed by atoms with Gasteiger partial charge in [-0.25, -0.2) is 0 Å². The molecular weight excluding hydrogens is 372 g/mol. The summed E-state index contributed by atoms with van der Waals surface area (Å²) in [6, 6.07) is 8.31. The molecule has 2 aliphatic heterocycles. The average Bonchev–Trinajstić information content (AvgIpc) is 3.02. The topological polar surface area (TPSA) is 59.0 Å². The van der Waals surface area contributed by atoms with Gasteiger partial charge in [0.25, 0.3) is 5.91 Å². The summed E-state index contributed by atoms with van der Waals surface area (Å²) in [4.78, 5) is 31.2. The fraction of sp³-hybridized carbons (Fsp3) is 0.500. The first kappa shape index (κ1) is 20.6. The molecule has 0 N–H and O–H groups in total. The summed E-state index contributed by atoms with van der Waals surface area (Å²) in [6.45, 7) is 10.2. The fourth-order valence-corrected chi connectivity index (χ4v) is 4.30. The lowest BCUT2D eigenvalue weighted by Crippen LogP contribution is -2.39. The second-order valence-corrected chi connectivity index (χ2v) is 9.20. The minimum atomic E-state index is -0.188. The third-order valence-corrected chi connectivity index (χ3v) is 6.11. The molecule has 0 aliphatic carbocycles. The lowest BCUT2D eigenvalue weighted by molar-refractivity contribution is -0.149. The second-order valence-electron chi connectivity index (χ2n) is 8.20. The molecule has 28 heavy (non-hydrogen) atoms. The maximum Gasteiger partial charge on any atom is 0.309 e. The van der Waals surface area contributed by atoms with E-state index in [0.29, 0.717) is 11.5 Å². The van der Waals surface area contributed by atoms with E-state index in [9.17, 15) is 9.59 Å². The van der Waals surface area contributed by atoms with E-state index in [2.05, 4.69) is 42.8 Å². The lowest BCUT2D eigenvalue weighted by atomic mass is 9.87. The van der Waals surface area contributed by atoms with Gasteiger partial charge >= 0.3 is 5.97 Å². The van der Waals surface area contributed by atoms with Gasteiger partial charge in [0.2, 0.25) is 0 Å². The summed E-state index contributed by atoms with van der Waals surface area (Å²) < 4.78 is 5.12. The van der Waals surface area contributed by atoms with Crippen molar-refractivity contribution in [2.24, 2.45) is 10.9 Å². The average molecular weight is 401 g/mol. The van der Waals surface area contributed by atoms with Gasteiger partial charge in [-0.1, -0.05) is 45.0 Å². The molecule has 0 spiro atoms. The number of carbonyl (C=O) groups excluding carboxylic acids is 2. The third-order valence-electron chi connectivity index (χ3n) is 5.07. The maximum atomic E-state index is 12.3. The minimum Gasteiger partial charge on any atom is -0.466 e. The van der Waals surface area contributed by atoms with Crippen molar-refractivity contribution in [3.05, 3.63) is 40.3 Å². The number of nitrogens with zero attached hydrogens (tertiary/aromatic N) is 2. The number of carbonyl (C=O) groups is 2. The molecule has 0 unspecified atom stereocenters. The van der Waals surface area contributed by atoms with Crippen LogP contribution in [0.25, 0.3) is 6.08 Å². The van der Waals surface area contributed by atoms with Crippen LogP contribution in [0.2, 0.25) is 0 Å². The first-order valence-electron chi connectivity index (χ1n) is 9.82. The zero-order chi connectivity index (χ0) is 20.3. The van der Waals surface area contributed by atoms with Crippen molar-refractivity contribution in [1.29, 1.82) is 0 Å². The number of likely N-dealkylation sites (tertiary alicyclic amines) is 1. The Morgan fingerprint density at radius 2 is 1.89 bits per heavy atom. The molecule has 5 nitrogen and oxygen atoms in total. The number of aliphatic imine (C=N–C) groups is 1. The number of rotatable bonds is 3. The van der Waals surface area contributed by atoms with E-state index in [1.165, 1.54) is 17.3 Å². The number of benzene rings is 1. The molecule has 3 rings (SSSR count). The third kappa shape index (κ3) is 4.85. The van der Waals surface area contributed by atoms with Crippen LogP contribution in [0.5, 0.6) is 0 Å². The number of esters is 1. The summed E-state index contributed by atoms with van der Waals surface area (Å²) in [7, 11) is 0. The Bertz CT molecular complexity index is 798. The van der Waals surface area contributed by atoms with Gasteiger partial charge in [0.05, 0.1) is 17.4 Å². The molecule has 0 radical (unpaired) electrons. The number of amides is 1. The minimum absolute atomic E-state index is 0.0461. The zero-order valence-electron chi connectivity index (χ0n) is 17.0. The van der Waals surface area contributed by atoms with Crippen molar-refractivity contribution < 1.29 is 14.3 Å². The summed E-state index contributed by atoms with van der Waals surface area (Å²) in [5.74, 6) is -0.346. The zero-order valence-corrected chi connectivity index (χ0v) is 17.8. The molecule has 6 heteroatoms. The standard InChI is InChI=1S/C22H28N2O3S/c1-5-27-20(26)16-10-12-24(13-11-16)21-23-19(25)18(28-21)14-15-6-8-17(9-7-15)22(2,3)4/h6-9,14,16H,5,10-13H2,1-4H3/b18-14+. The Kier molecular flexibility index (Phi) is 6.28. The van der Waals surface area contributed by atoms with E-state index in [1.54, 1.807) is 0 Å². The van der Waals surface area contributed by atoms with Gasteiger partial charge in [0.1, 0.15) is 0 Å². The molecule has 1 aromatic carbocycles. The highest BCUT2D eigenvalue weighted by Crippen LogP contribution is 2.32. The van der Waals surface area contributed by atoms with Crippen molar-refractivity contribution >= 4 is 34.9 Å². The molecule has 1 fully saturated rings. The van der Waals surface area contributed by atoms with Crippen LogP contribution in [0.15, 0.2) is 34.2 Å². The highest BCUT2D eigenvalue weighted by molar-refractivity contribution is 8.18. The molecule has 150 valence electrons. The molecule has 0 aromatic heterocycles. The summed E-state index contributed by atoms with van der Waals surface area (Å²) >= 11 is 1.42. The van der Waals surface area contributed by atoms with Crippen molar-refractivity contribution in [3.8, 4) is 0 Å². The number of ether oxygens (including phenoxy) is 1. The SMILES string of the molecule is CCOC(=O)C1CCN(C2=NC(=O)/C(=C\c3ccc(C(C)(C)C)cc3)S2)CC1. The number of amidine groups is 1. The van der Waals surface area contributed by atoms with E-state index in [1.807, 2.05) is 25.1 Å². The first-order valence-corrected chi connectivity index (χ1v) is 10.6. The van der Waals surface area contributed by atoms with Gasteiger partial charge in [-0.2, -0.15) is 4.99 Å². The van der Waals surface area contributed by atoms with Crippen LogP contribution in [-0.4, -0.2) is 41.6 Å². The van der Waals surface area contributed by atoms with Crippen LogP contribution in [0.1, 0.15) is 51.7 Å². The molecule has 2 heterocycles. The first-order chi connectivity index (χ1) is 13.3. The molecular formula is C22H28N2O3S. The van der Waals surface area contributed by atoms with Gasteiger partial charge < -0.3 is 9.64 Å². The Balaban J connectivity index is 1.61. The van der Waals surface area contributed by atoms with Crippen LogP contribution in [0.4, 0.5) is 0 Å². The van der Waals surface area contributed by atoms with Gasteiger partial charge in [0, 0.05) is 13.1 Å². The predicted octanol–water partition coefficient (Wildman–Crippen LogP) is 4.23. The number of piperidine rings is 1. The summed E-state index contributed by atoms with van der Waals surface area (Å²) in [5.41, 5.74) is 2.37. The maximum absolute atomic E-state index is 12.3. The van der Waals surface area contributed by atoms with Crippen LogP contribution in [0.3, 0.4) is 0 Å². The highest BCUT2D eigenvalue weighted by atomic mass is 32.2. The Hall–Kier alpha value is -2.08. The summed E-state index contributed by atoms with van der Waals surface area (Å²) in [5, 5.41) is 0.741. The summed E-state index contributed by atoms with van der Waals surface area (Å²) in [6.07, 6.45) is 3.38. The number of thioether (sulfide) groups is 1. The second kappa shape index (κ2) is 8.52. The molecule has 1 amide bonds. The Morgan fingerprint density at radius 1 is 1.25 bits per heavy atom. The molecule has 0 saturated carbocycles. The van der Waals surface area contributed by atoms with E-state index in [-0.39, 0.29) is 23.2 Å². The van der Waals surface area contributed by atoms with Gasteiger partial charge in [-0.05, 0) is 54.1 Å². The molecule has 1 aromatic rings. The fourth-order valence-electron chi connectivity index (χ4n) is 3.33. The lowest BCUT2D eigenvalue weighted by Gasteiger charge is -2.31. The van der Waals surface area contributed by atoms with Crippen molar-refractivity contribution in [2.45, 2.75) is 46.0 Å². The van der Waals surface area contributed by atoms with Crippen molar-refractivity contribution in [1.82, 2.24) is 4.90 Å². The number of hydrogen-bond acceptors (Lipinski definition) is 5. The predicted molar refractivity (Wildman–Crippen MR) is 114 cm³/mol. The monoisotopic (exact) mass is 400 g/mol. The normalized spacial score (nSPS) is 19.9. The van der Waals surface area contributed by atoms with Crippen LogP contribution in [0, 0.1) is 5.92 Å². The van der Waals surface area contributed by atoms with E-state index >= 15 is 0 Å². The molecule has 0 atom stereocenters.